The highest BCUT2D eigenvalue weighted by molar-refractivity contribution is 14.1. The Balaban J connectivity index is 1.70. The number of rotatable bonds is 8. The molecule has 0 aliphatic rings. The summed E-state index contributed by atoms with van der Waals surface area (Å²) in [5.74, 6) is 0.220. The molecule has 0 spiro atoms. The van der Waals surface area contributed by atoms with Crippen LogP contribution in [0.1, 0.15) is 41.9 Å². The molecule has 3 aromatic carbocycles. The van der Waals surface area contributed by atoms with Crippen LogP contribution >= 0.6 is 56.9 Å². The van der Waals surface area contributed by atoms with E-state index in [1.54, 1.807) is 11.8 Å². The summed E-state index contributed by atoms with van der Waals surface area (Å²) < 4.78 is 2.36. The number of thioether (sulfide) groups is 1. The van der Waals surface area contributed by atoms with Crippen LogP contribution in [0, 0.1) is 7.14 Å². The van der Waals surface area contributed by atoms with Crippen LogP contribution in [-0.4, -0.2) is 21.6 Å². The molecule has 5 rings (SSSR count). The Morgan fingerprint density at radius 3 is 2.00 bits per heavy atom. The van der Waals surface area contributed by atoms with E-state index in [-0.39, 0.29) is 11.8 Å². The van der Waals surface area contributed by atoms with Crippen molar-refractivity contribution < 1.29 is 4.79 Å². The Hall–Kier alpha value is -1.98. The monoisotopic (exact) mass is 705 g/mol. The third-order valence-electron chi connectivity index (χ3n) is 6.51. The number of carbonyl (C=O) groups excluding carboxylic acids is 1. The zero-order valence-corrected chi connectivity index (χ0v) is 24.3. The molecule has 4 N–H and O–H groups in total. The molecule has 0 aliphatic heterocycles. The van der Waals surface area contributed by atoms with Crippen molar-refractivity contribution >= 4 is 84.7 Å². The smallest absolute Gasteiger partial charge is 0.225 e. The molecule has 0 aliphatic carbocycles. The fourth-order valence-electron chi connectivity index (χ4n) is 4.91. The van der Waals surface area contributed by atoms with Crippen LogP contribution in [0.2, 0.25) is 0 Å². The van der Waals surface area contributed by atoms with Crippen LogP contribution in [0.25, 0.3) is 21.8 Å². The summed E-state index contributed by atoms with van der Waals surface area (Å²) in [5, 5.41) is 2.36. The van der Waals surface area contributed by atoms with Crippen molar-refractivity contribution in [1.29, 1.82) is 0 Å². The number of nitrogens with two attached hydrogens (primary N) is 1. The SMILES string of the molecule is CCSc1ccccc1C(CC(c1c[nH]c2ccc(I)cc12)c1c[nH]c2ccc(I)cc12)C(N)=O. The van der Waals surface area contributed by atoms with Gasteiger partial charge in [-0.1, -0.05) is 25.1 Å². The summed E-state index contributed by atoms with van der Waals surface area (Å²) >= 11 is 6.47. The number of nitrogens with one attached hydrogen (secondary N) is 2. The Morgan fingerprint density at radius 1 is 0.886 bits per heavy atom. The third kappa shape index (κ3) is 4.99. The van der Waals surface area contributed by atoms with Crippen LogP contribution in [0.5, 0.6) is 0 Å². The van der Waals surface area contributed by atoms with Crippen molar-refractivity contribution in [1.82, 2.24) is 9.97 Å². The van der Waals surface area contributed by atoms with Gasteiger partial charge in [-0.2, -0.15) is 0 Å². The zero-order chi connectivity index (χ0) is 24.5. The maximum Gasteiger partial charge on any atom is 0.225 e. The van der Waals surface area contributed by atoms with Crippen molar-refractivity contribution in [3.63, 3.8) is 0 Å². The van der Waals surface area contributed by atoms with E-state index < -0.39 is 5.92 Å². The summed E-state index contributed by atoms with van der Waals surface area (Å²) in [4.78, 5) is 21.0. The van der Waals surface area contributed by atoms with Gasteiger partial charge in [0.25, 0.3) is 0 Å². The third-order valence-corrected chi connectivity index (χ3v) is 8.82. The topological polar surface area (TPSA) is 74.7 Å². The van der Waals surface area contributed by atoms with Crippen LogP contribution in [0.4, 0.5) is 0 Å². The fourth-order valence-corrected chi connectivity index (χ4v) is 6.76. The van der Waals surface area contributed by atoms with Gasteiger partial charge in [-0.15, -0.1) is 11.8 Å². The van der Waals surface area contributed by atoms with Crippen molar-refractivity contribution in [2.45, 2.75) is 30.1 Å². The second kappa shape index (κ2) is 10.6. The molecule has 7 heteroatoms. The van der Waals surface area contributed by atoms with E-state index in [1.165, 1.54) is 29.0 Å². The van der Waals surface area contributed by atoms with Crippen LogP contribution in [0.15, 0.2) is 78.0 Å². The lowest BCUT2D eigenvalue weighted by Crippen LogP contribution is -2.24. The quantitative estimate of drug-likeness (QED) is 0.114. The fraction of sp³-hybridized carbons (Fsp3) is 0.179. The highest BCUT2D eigenvalue weighted by Crippen LogP contribution is 2.43. The number of carbonyl (C=O) groups is 1. The Bertz CT molecular complexity index is 1440. The minimum Gasteiger partial charge on any atom is -0.369 e. The number of aromatic amines is 2. The molecule has 1 unspecified atom stereocenters. The van der Waals surface area contributed by atoms with Crippen LogP contribution < -0.4 is 5.73 Å². The lowest BCUT2D eigenvalue weighted by molar-refractivity contribution is -0.119. The summed E-state index contributed by atoms with van der Waals surface area (Å²) in [5.41, 5.74) is 11.7. The molecule has 0 bridgehead atoms. The van der Waals surface area contributed by atoms with Crippen LogP contribution in [0.3, 0.4) is 0 Å². The highest BCUT2D eigenvalue weighted by atomic mass is 127. The van der Waals surface area contributed by atoms with E-state index in [4.69, 9.17) is 5.73 Å². The van der Waals surface area contributed by atoms with E-state index in [0.717, 1.165) is 27.2 Å². The maximum atomic E-state index is 13.0. The molecule has 0 fully saturated rings. The lowest BCUT2D eigenvalue weighted by Gasteiger charge is -2.24. The molecule has 1 amide bonds. The molecule has 178 valence electrons. The first-order valence-corrected chi connectivity index (χ1v) is 14.6. The predicted molar refractivity (Wildman–Crippen MR) is 163 cm³/mol. The van der Waals surface area contributed by atoms with Gasteiger partial charge >= 0.3 is 0 Å². The molecular formula is C28H25I2N3OS. The number of halogens is 2. The Labute approximate surface area is 236 Å². The van der Waals surface area contributed by atoms with E-state index >= 15 is 0 Å². The predicted octanol–water partition coefficient (Wildman–Crippen LogP) is 7.76. The van der Waals surface area contributed by atoms with E-state index in [2.05, 4.69) is 123 Å². The molecule has 2 aromatic heterocycles. The van der Waals surface area contributed by atoms with Crippen LogP contribution in [-0.2, 0) is 4.79 Å². The van der Waals surface area contributed by atoms with E-state index in [0.29, 0.717) is 6.42 Å². The Kier molecular flexibility index (Phi) is 7.45. The largest absolute Gasteiger partial charge is 0.369 e. The minimum atomic E-state index is -0.407. The molecular weight excluding hydrogens is 680 g/mol. The van der Waals surface area contributed by atoms with Gasteiger partial charge in [0.2, 0.25) is 5.91 Å². The number of benzene rings is 3. The number of hydrogen-bond acceptors (Lipinski definition) is 2. The minimum absolute atomic E-state index is 0.0221. The van der Waals surface area contributed by atoms with Gasteiger partial charge in [-0.3, -0.25) is 4.79 Å². The van der Waals surface area contributed by atoms with Gasteiger partial charge in [0.05, 0.1) is 5.92 Å². The van der Waals surface area contributed by atoms with Gasteiger partial charge in [0.1, 0.15) is 0 Å². The zero-order valence-electron chi connectivity index (χ0n) is 19.1. The second-order valence-corrected chi connectivity index (χ2v) is 12.4. The summed E-state index contributed by atoms with van der Waals surface area (Å²) in [6.07, 6.45) is 4.79. The first-order valence-electron chi connectivity index (χ1n) is 11.5. The van der Waals surface area contributed by atoms with Crippen molar-refractivity contribution in [3.05, 3.63) is 96.9 Å². The average molecular weight is 705 g/mol. The van der Waals surface area contributed by atoms with Gasteiger partial charge in [0.15, 0.2) is 0 Å². The van der Waals surface area contributed by atoms with Gasteiger partial charge in [-0.05, 0) is 117 Å². The molecule has 1 atom stereocenters. The second-order valence-electron chi connectivity index (χ2n) is 8.58. The Morgan fingerprint density at radius 2 is 1.46 bits per heavy atom. The molecule has 0 saturated heterocycles. The first-order chi connectivity index (χ1) is 17.0. The average Bonchev–Trinajstić information content (AvgIpc) is 3.44. The number of aromatic nitrogens is 2. The molecule has 5 aromatic rings. The first kappa shape index (κ1) is 24.7. The normalized spacial score (nSPS) is 12.6. The standard InChI is InChI=1S/C28H25I2N3OS/c1-2-35-27-6-4-3-5-18(27)22(28(31)34)13-19(23-14-32-25-9-7-16(29)11-20(23)25)24-15-33-26-10-8-17(30)12-21(24)26/h3-12,14-15,19,22,32-33H,2,13H2,1H3,(H2,31,34). The van der Waals surface area contributed by atoms with E-state index in [9.17, 15) is 4.79 Å². The van der Waals surface area contributed by atoms with Crippen molar-refractivity contribution in [2.75, 3.05) is 5.75 Å². The van der Waals surface area contributed by atoms with Crippen molar-refractivity contribution in [2.24, 2.45) is 5.73 Å². The number of amides is 1. The van der Waals surface area contributed by atoms with Crippen molar-refractivity contribution in [3.8, 4) is 0 Å². The lowest BCUT2D eigenvalue weighted by atomic mass is 9.80. The number of fused-ring (bicyclic) bond motifs is 2. The number of H-pyrrole nitrogens is 2. The molecule has 2 heterocycles. The van der Waals surface area contributed by atoms with Gasteiger partial charge < -0.3 is 15.7 Å². The molecule has 0 saturated carbocycles. The van der Waals surface area contributed by atoms with E-state index in [1.807, 2.05) is 12.1 Å². The number of hydrogen-bond donors (Lipinski definition) is 3. The number of primary amides is 1. The summed E-state index contributed by atoms with van der Waals surface area (Å²) in [6, 6.07) is 21.1. The molecule has 4 nitrogen and oxygen atoms in total. The van der Waals surface area contributed by atoms with Gasteiger partial charge in [0, 0.05) is 52.2 Å². The highest BCUT2D eigenvalue weighted by Gasteiger charge is 2.30. The summed E-state index contributed by atoms with van der Waals surface area (Å²) in [6.45, 7) is 2.13. The summed E-state index contributed by atoms with van der Waals surface area (Å²) in [7, 11) is 0. The van der Waals surface area contributed by atoms with Gasteiger partial charge in [-0.25, -0.2) is 0 Å². The molecule has 35 heavy (non-hydrogen) atoms. The maximum absolute atomic E-state index is 13.0. The molecule has 0 radical (unpaired) electrons.